The number of carbonyl (C=O) groups is 1. The molecule has 0 saturated carbocycles. The van der Waals surface area contributed by atoms with E-state index < -0.39 is 10.0 Å². The fourth-order valence-corrected chi connectivity index (χ4v) is 5.53. The minimum atomic E-state index is -3.58. The van der Waals surface area contributed by atoms with E-state index in [2.05, 4.69) is 20.8 Å². The summed E-state index contributed by atoms with van der Waals surface area (Å²) < 4.78 is 40.8. The molecule has 174 valence electrons. The molecule has 1 amide bonds. The molecule has 2 aromatic rings. The van der Waals surface area contributed by atoms with Crippen LogP contribution in [0.1, 0.15) is 57.7 Å². The van der Waals surface area contributed by atoms with Gasteiger partial charge in [-0.25, -0.2) is 12.8 Å². The fraction of sp³-hybridized carbons (Fsp3) is 0.480. The summed E-state index contributed by atoms with van der Waals surface area (Å²) in [6.45, 7) is 8.81. The number of sulfonamides is 1. The first-order valence-corrected chi connectivity index (χ1v) is 12.5. The summed E-state index contributed by atoms with van der Waals surface area (Å²) in [4.78, 5) is 15.0. The molecule has 1 saturated heterocycles. The highest BCUT2D eigenvalue weighted by atomic mass is 32.2. The van der Waals surface area contributed by atoms with Crippen LogP contribution in [0.25, 0.3) is 0 Å². The summed E-state index contributed by atoms with van der Waals surface area (Å²) in [6, 6.07) is 13.0. The highest BCUT2D eigenvalue weighted by Crippen LogP contribution is 2.29. The van der Waals surface area contributed by atoms with Crippen LogP contribution in [0.4, 0.5) is 4.39 Å². The number of hydrogen-bond donors (Lipinski definition) is 0. The monoisotopic (exact) mass is 460 g/mol. The van der Waals surface area contributed by atoms with Crippen LogP contribution in [0.2, 0.25) is 0 Å². The molecule has 0 radical (unpaired) electrons. The molecule has 0 aromatic heterocycles. The van der Waals surface area contributed by atoms with Gasteiger partial charge in [-0.3, -0.25) is 4.79 Å². The molecule has 0 spiro atoms. The Morgan fingerprint density at radius 3 is 2.06 bits per heavy atom. The van der Waals surface area contributed by atoms with Crippen LogP contribution < -0.4 is 0 Å². The maximum atomic E-state index is 13.2. The summed E-state index contributed by atoms with van der Waals surface area (Å²) in [7, 11) is -1.84. The van der Waals surface area contributed by atoms with Gasteiger partial charge >= 0.3 is 0 Å². The van der Waals surface area contributed by atoms with E-state index in [9.17, 15) is 17.6 Å². The van der Waals surface area contributed by atoms with Crippen molar-refractivity contribution in [1.82, 2.24) is 9.21 Å². The normalized spacial score (nSPS) is 17.2. The van der Waals surface area contributed by atoms with Crippen molar-refractivity contribution in [3.8, 4) is 0 Å². The van der Waals surface area contributed by atoms with Crippen molar-refractivity contribution in [3.05, 3.63) is 65.5 Å². The molecule has 1 aliphatic heterocycles. The van der Waals surface area contributed by atoms with E-state index in [1.54, 1.807) is 36.2 Å². The van der Waals surface area contributed by atoms with Gasteiger partial charge in [0.1, 0.15) is 5.82 Å². The summed E-state index contributed by atoms with van der Waals surface area (Å²) in [5.74, 6) is -0.539. The van der Waals surface area contributed by atoms with Crippen LogP contribution in [0.3, 0.4) is 0 Å². The van der Waals surface area contributed by atoms with Gasteiger partial charge in [0, 0.05) is 26.1 Å². The van der Waals surface area contributed by atoms with Gasteiger partial charge in [-0.05, 0) is 60.6 Å². The third-order valence-corrected chi connectivity index (χ3v) is 8.36. The third kappa shape index (κ3) is 5.21. The number of piperidine rings is 1. The molecule has 1 aliphatic rings. The zero-order chi connectivity index (χ0) is 23.7. The van der Waals surface area contributed by atoms with E-state index >= 15 is 0 Å². The maximum absolute atomic E-state index is 13.2. The van der Waals surface area contributed by atoms with E-state index in [4.69, 9.17) is 0 Å². The van der Waals surface area contributed by atoms with Crippen molar-refractivity contribution in [2.45, 2.75) is 56.9 Å². The Labute approximate surface area is 191 Å². The van der Waals surface area contributed by atoms with Gasteiger partial charge in [-0.1, -0.05) is 45.0 Å². The van der Waals surface area contributed by atoms with E-state index in [1.807, 2.05) is 19.1 Å². The number of rotatable bonds is 5. The SMILES string of the molecule is CC(c1ccc(F)cc1)N(C)C(=O)C1CCN(S(=O)(=O)c2ccc(C(C)(C)C)cc2)CC1. The summed E-state index contributed by atoms with van der Waals surface area (Å²) in [5.41, 5.74) is 1.90. The molecule has 1 heterocycles. The molecule has 5 nitrogen and oxygen atoms in total. The second-order valence-corrected chi connectivity index (χ2v) is 11.6. The third-order valence-electron chi connectivity index (χ3n) is 6.44. The van der Waals surface area contributed by atoms with Crippen molar-refractivity contribution >= 4 is 15.9 Å². The number of carbonyl (C=O) groups excluding carboxylic acids is 1. The van der Waals surface area contributed by atoms with Gasteiger partial charge in [0.15, 0.2) is 0 Å². The van der Waals surface area contributed by atoms with Crippen molar-refractivity contribution < 1.29 is 17.6 Å². The molecule has 3 rings (SSSR count). The maximum Gasteiger partial charge on any atom is 0.243 e. The second kappa shape index (κ2) is 9.32. The lowest BCUT2D eigenvalue weighted by atomic mass is 9.87. The average molecular weight is 461 g/mol. The summed E-state index contributed by atoms with van der Waals surface area (Å²) in [6.07, 6.45) is 0.969. The van der Waals surface area contributed by atoms with Crippen LogP contribution in [0, 0.1) is 11.7 Å². The Morgan fingerprint density at radius 2 is 1.56 bits per heavy atom. The highest BCUT2D eigenvalue weighted by molar-refractivity contribution is 7.89. The zero-order valence-electron chi connectivity index (χ0n) is 19.5. The molecule has 0 bridgehead atoms. The lowest BCUT2D eigenvalue weighted by Gasteiger charge is -2.34. The number of nitrogens with zero attached hydrogens (tertiary/aromatic N) is 2. The quantitative estimate of drug-likeness (QED) is 0.647. The van der Waals surface area contributed by atoms with Gasteiger partial charge in [0.05, 0.1) is 10.9 Å². The first-order chi connectivity index (χ1) is 14.9. The molecule has 32 heavy (non-hydrogen) atoms. The Morgan fingerprint density at radius 1 is 1.03 bits per heavy atom. The molecule has 1 unspecified atom stereocenters. The standard InChI is InChI=1S/C25H33FN2O3S/c1-18(19-6-10-22(26)11-7-19)27(5)24(29)20-14-16-28(17-15-20)32(30,31)23-12-8-21(9-13-23)25(2,3)4/h6-13,18,20H,14-17H2,1-5H3. The number of benzene rings is 2. The van der Waals surface area contributed by atoms with Crippen molar-refractivity contribution in [1.29, 1.82) is 0 Å². The fourth-order valence-electron chi connectivity index (χ4n) is 4.06. The molecule has 0 N–H and O–H groups in total. The van der Waals surface area contributed by atoms with Crippen LogP contribution >= 0.6 is 0 Å². The average Bonchev–Trinajstić information content (AvgIpc) is 2.77. The smallest absolute Gasteiger partial charge is 0.243 e. The van der Waals surface area contributed by atoms with Crippen molar-refractivity contribution in [3.63, 3.8) is 0 Å². The largest absolute Gasteiger partial charge is 0.339 e. The summed E-state index contributed by atoms with van der Waals surface area (Å²) >= 11 is 0. The topological polar surface area (TPSA) is 57.7 Å². The Balaban J connectivity index is 1.63. The van der Waals surface area contributed by atoms with Crippen LogP contribution in [-0.2, 0) is 20.2 Å². The molecule has 2 aromatic carbocycles. The second-order valence-electron chi connectivity index (χ2n) is 9.63. The molecule has 0 aliphatic carbocycles. The van der Waals surface area contributed by atoms with Gasteiger partial charge in [-0.15, -0.1) is 0 Å². The number of hydrogen-bond acceptors (Lipinski definition) is 3. The minimum Gasteiger partial charge on any atom is -0.339 e. The zero-order valence-corrected chi connectivity index (χ0v) is 20.3. The van der Waals surface area contributed by atoms with E-state index in [-0.39, 0.29) is 34.0 Å². The van der Waals surface area contributed by atoms with Gasteiger partial charge in [0.25, 0.3) is 0 Å². The molecular formula is C25H33FN2O3S. The van der Waals surface area contributed by atoms with E-state index in [1.165, 1.54) is 16.4 Å². The predicted octanol–water partition coefficient (Wildman–Crippen LogP) is 4.74. The molecule has 1 atom stereocenters. The van der Waals surface area contributed by atoms with Crippen LogP contribution in [0.15, 0.2) is 53.4 Å². The number of amides is 1. The Hall–Kier alpha value is -2.25. The highest BCUT2D eigenvalue weighted by Gasteiger charge is 2.34. The molecule has 1 fully saturated rings. The van der Waals surface area contributed by atoms with Crippen LogP contribution in [-0.4, -0.2) is 43.7 Å². The molecular weight excluding hydrogens is 427 g/mol. The van der Waals surface area contributed by atoms with Gasteiger partial charge in [-0.2, -0.15) is 4.31 Å². The number of halogens is 1. The van der Waals surface area contributed by atoms with Gasteiger partial charge in [0.2, 0.25) is 15.9 Å². The van der Waals surface area contributed by atoms with Gasteiger partial charge < -0.3 is 4.90 Å². The van der Waals surface area contributed by atoms with Crippen LogP contribution in [0.5, 0.6) is 0 Å². The van der Waals surface area contributed by atoms with E-state index in [0.717, 1.165) is 11.1 Å². The lowest BCUT2D eigenvalue weighted by Crippen LogP contribution is -2.44. The Kier molecular flexibility index (Phi) is 7.10. The lowest BCUT2D eigenvalue weighted by molar-refractivity contribution is -0.137. The predicted molar refractivity (Wildman–Crippen MR) is 124 cm³/mol. The Bertz CT molecular complexity index is 1040. The molecule has 7 heteroatoms. The first kappa shape index (κ1) is 24.4. The van der Waals surface area contributed by atoms with Crippen molar-refractivity contribution in [2.75, 3.05) is 20.1 Å². The first-order valence-electron chi connectivity index (χ1n) is 11.0. The summed E-state index contributed by atoms with van der Waals surface area (Å²) in [5, 5.41) is 0. The van der Waals surface area contributed by atoms with E-state index in [0.29, 0.717) is 25.9 Å². The minimum absolute atomic E-state index is 0.00611. The van der Waals surface area contributed by atoms with Crippen molar-refractivity contribution in [2.24, 2.45) is 5.92 Å².